The molecule has 2 N–H and O–H groups in total. The third-order valence-electron chi connectivity index (χ3n) is 7.11. The van der Waals surface area contributed by atoms with E-state index < -0.39 is 30.2 Å². The number of carbonyl (C=O) groups excluding carboxylic acids is 4. The van der Waals surface area contributed by atoms with E-state index in [1.54, 1.807) is 11.8 Å². The van der Waals surface area contributed by atoms with Crippen LogP contribution in [0.3, 0.4) is 0 Å². The topological polar surface area (TPSA) is 135 Å². The lowest BCUT2D eigenvalue weighted by Gasteiger charge is -2.46. The fraction of sp³-hybridized carbons (Fsp3) is 0.517. The molecule has 2 saturated heterocycles. The van der Waals surface area contributed by atoms with E-state index in [4.69, 9.17) is 14.2 Å². The SMILES string of the molecule is C=CCOC(=O)NC/C(C)=C\[C@@H]1C[C@H](SC2=C(C(=O)OCC=C)N3C(=O)[C@H]([C@@H](C)O)[C@H]3[C@H]2C)CN1C(=O)OCC=C. The van der Waals surface area contributed by atoms with E-state index in [-0.39, 0.29) is 61.2 Å². The van der Waals surface area contributed by atoms with Crippen LogP contribution in [0.4, 0.5) is 9.59 Å². The number of hydrogen-bond acceptors (Lipinski definition) is 9. The molecule has 0 aromatic carbocycles. The number of likely N-dealkylation sites (tertiary alicyclic amines) is 1. The Morgan fingerprint density at radius 2 is 1.76 bits per heavy atom. The highest BCUT2D eigenvalue weighted by Crippen LogP contribution is 2.52. The summed E-state index contributed by atoms with van der Waals surface area (Å²) in [7, 11) is 0. The minimum absolute atomic E-state index is 0.00511. The Balaban J connectivity index is 1.83. The van der Waals surface area contributed by atoms with Crippen LogP contribution in [0.25, 0.3) is 0 Å². The Morgan fingerprint density at radius 3 is 2.39 bits per heavy atom. The van der Waals surface area contributed by atoms with Crippen molar-refractivity contribution in [2.75, 3.05) is 32.9 Å². The monoisotopic (exact) mass is 589 g/mol. The average Bonchev–Trinajstić information content (AvgIpc) is 3.43. The van der Waals surface area contributed by atoms with Crippen LogP contribution in [0.1, 0.15) is 27.2 Å². The zero-order valence-electron chi connectivity index (χ0n) is 23.7. The summed E-state index contributed by atoms with van der Waals surface area (Å²) in [5, 5.41) is 12.8. The number of amides is 3. The molecule has 2 fully saturated rings. The molecule has 41 heavy (non-hydrogen) atoms. The fourth-order valence-corrected chi connectivity index (χ4v) is 6.86. The molecule has 0 saturated carbocycles. The van der Waals surface area contributed by atoms with Gasteiger partial charge in [0.05, 0.1) is 24.1 Å². The lowest BCUT2D eigenvalue weighted by molar-refractivity contribution is -0.164. The number of aliphatic hydroxyl groups excluding tert-OH is 1. The first kappa shape index (κ1) is 32.0. The first-order valence-electron chi connectivity index (χ1n) is 13.5. The van der Waals surface area contributed by atoms with Crippen LogP contribution >= 0.6 is 11.8 Å². The normalized spacial score (nSPS) is 26.1. The highest BCUT2D eigenvalue weighted by molar-refractivity contribution is 8.03. The summed E-state index contributed by atoms with van der Waals surface area (Å²) >= 11 is 1.44. The van der Waals surface area contributed by atoms with Crippen molar-refractivity contribution in [3.05, 3.63) is 60.2 Å². The Labute approximate surface area is 244 Å². The van der Waals surface area contributed by atoms with E-state index >= 15 is 0 Å². The minimum Gasteiger partial charge on any atom is -0.457 e. The molecular weight excluding hydrogens is 550 g/mol. The second-order valence-electron chi connectivity index (χ2n) is 10.2. The molecule has 224 valence electrons. The molecule has 0 aromatic rings. The van der Waals surface area contributed by atoms with Crippen molar-refractivity contribution in [3.8, 4) is 0 Å². The summed E-state index contributed by atoms with van der Waals surface area (Å²) in [5.74, 6) is -1.76. The number of carbonyl (C=O) groups is 4. The molecule has 3 heterocycles. The van der Waals surface area contributed by atoms with Crippen LogP contribution in [0, 0.1) is 11.8 Å². The van der Waals surface area contributed by atoms with Crippen molar-refractivity contribution in [3.63, 3.8) is 0 Å². The number of aliphatic hydroxyl groups is 1. The number of nitrogens with one attached hydrogen (secondary N) is 1. The highest BCUT2D eigenvalue weighted by Gasteiger charge is 2.60. The lowest BCUT2D eigenvalue weighted by atomic mass is 9.79. The van der Waals surface area contributed by atoms with Crippen molar-refractivity contribution in [1.29, 1.82) is 0 Å². The molecule has 0 spiro atoms. The molecule has 12 heteroatoms. The van der Waals surface area contributed by atoms with Crippen molar-refractivity contribution >= 4 is 35.8 Å². The van der Waals surface area contributed by atoms with E-state index in [2.05, 4.69) is 25.1 Å². The predicted molar refractivity (Wildman–Crippen MR) is 154 cm³/mol. The van der Waals surface area contributed by atoms with Crippen molar-refractivity contribution < 1.29 is 38.5 Å². The zero-order valence-corrected chi connectivity index (χ0v) is 24.6. The molecule has 0 aromatic heterocycles. The van der Waals surface area contributed by atoms with Gasteiger partial charge in [-0.1, -0.05) is 56.5 Å². The molecule has 0 bridgehead atoms. The number of alkyl carbamates (subject to hydrolysis) is 1. The van der Waals surface area contributed by atoms with Crippen LogP contribution < -0.4 is 5.32 Å². The van der Waals surface area contributed by atoms with E-state index in [1.807, 2.05) is 19.9 Å². The Bertz CT molecular complexity index is 1130. The molecule has 11 nitrogen and oxygen atoms in total. The first-order valence-corrected chi connectivity index (χ1v) is 14.4. The Hall–Kier alpha value is -3.51. The number of β-lactam (4-membered cyclic amide) rings is 1. The molecule has 3 amide bonds. The van der Waals surface area contributed by atoms with Gasteiger partial charge in [-0.25, -0.2) is 14.4 Å². The maximum Gasteiger partial charge on any atom is 0.410 e. The molecule has 0 unspecified atom stereocenters. The van der Waals surface area contributed by atoms with Gasteiger partial charge in [-0.2, -0.15) is 0 Å². The van der Waals surface area contributed by atoms with Gasteiger partial charge in [0.1, 0.15) is 25.5 Å². The van der Waals surface area contributed by atoms with Crippen LogP contribution in [0.2, 0.25) is 0 Å². The number of nitrogens with zero attached hydrogens (tertiary/aromatic N) is 2. The van der Waals surface area contributed by atoms with Gasteiger partial charge in [-0.05, 0) is 20.3 Å². The third kappa shape index (κ3) is 7.23. The van der Waals surface area contributed by atoms with E-state index in [0.717, 1.165) is 5.57 Å². The van der Waals surface area contributed by atoms with Gasteiger partial charge in [0.15, 0.2) is 0 Å². The van der Waals surface area contributed by atoms with Crippen molar-refractivity contribution in [1.82, 2.24) is 15.1 Å². The van der Waals surface area contributed by atoms with Crippen molar-refractivity contribution in [2.45, 2.75) is 50.6 Å². The maximum atomic E-state index is 13.1. The molecule has 0 aliphatic carbocycles. The standard InChI is InChI=1S/C29H39N3O8S/c1-7-10-38-27(35)24-25(18(5)23-22(19(6)33)26(34)32(23)24)41-21-14-20(31(16-21)29(37)40-12-9-3)13-17(4)15-30-28(36)39-11-8-2/h7-9,13,18-23,33H,1-3,10-12,14-16H2,4-6H3,(H,30,36)/b17-13-/t18-,19-,20-,21+,22-,23-/m1/s1. The molecular formula is C29H39N3O8S. The second kappa shape index (κ2) is 14.4. The van der Waals surface area contributed by atoms with Crippen LogP contribution in [-0.2, 0) is 23.8 Å². The summed E-state index contributed by atoms with van der Waals surface area (Å²) in [5.41, 5.74) is 1.00. The van der Waals surface area contributed by atoms with Gasteiger partial charge in [0.25, 0.3) is 0 Å². The summed E-state index contributed by atoms with van der Waals surface area (Å²) < 4.78 is 15.6. The van der Waals surface area contributed by atoms with Crippen LogP contribution in [0.15, 0.2) is 60.2 Å². The fourth-order valence-electron chi connectivity index (χ4n) is 5.33. The minimum atomic E-state index is -0.859. The average molecular weight is 590 g/mol. The molecule has 3 aliphatic heterocycles. The Morgan fingerprint density at radius 1 is 1.12 bits per heavy atom. The van der Waals surface area contributed by atoms with E-state index in [0.29, 0.717) is 17.9 Å². The number of ether oxygens (including phenoxy) is 3. The third-order valence-corrected chi connectivity index (χ3v) is 8.61. The summed E-state index contributed by atoms with van der Waals surface area (Å²) in [6, 6.07) is -0.690. The Kier molecular flexibility index (Phi) is 11.2. The summed E-state index contributed by atoms with van der Waals surface area (Å²) in [4.78, 5) is 54.5. The van der Waals surface area contributed by atoms with E-state index in [9.17, 15) is 24.3 Å². The smallest absolute Gasteiger partial charge is 0.410 e. The molecule has 3 aliphatic rings. The molecule has 6 atom stereocenters. The summed E-state index contributed by atoms with van der Waals surface area (Å²) in [6.07, 6.45) is 4.91. The number of esters is 1. The number of fused-ring (bicyclic) bond motifs is 1. The van der Waals surface area contributed by atoms with Gasteiger partial charge in [-0.3, -0.25) is 4.79 Å². The summed E-state index contributed by atoms with van der Waals surface area (Å²) in [6.45, 7) is 16.7. The van der Waals surface area contributed by atoms with Crippen LogP contribution in [-0.4, -0.2) is 95.3 Å². The van der Waals surface area contributed by atoms with Crippen LogP contribution in [0.5, 0.6) is 0 Å². The number of thioether (sulfide) groups is 1. The van der Waals surface area contributed by atoms with Gasteiger partial charge in [-0.15, -0.1) is 11.8 Å². The van der Waals surface area contributed by atoms with Gasteiger partial charge >= 0.3 is 18.2 Å². The predicted octanol–water partition coefficient (Wildman–Crippen LogP) is 3.14. The quantitative estimate of drug-likeness (QED) is 0.144. The van der Waals surface area contributed by atoms with Gasteiger partial charge < -0.3 is 34.4 Å². The first-order chi connectivity index (χ1) is 19.5. The largest absolute Gasteiger partial charge is 0.457 e. The zero-order chi connectivity index (χ0) is 30.3. The maximum absolute atomic E-state index is 13.1. The van der Waals surface area contributed by atoms with E-state index in [1.165, 1.54) is 34.9 Å². The second-order valence-corrected chi connectivity index (χ2v) is 11.5. The highest BCUT2D eigenvalue weighted by atomic mass is 32.2. The molecule has 0 radical (unpaired) electrons. The number of rotatable bonds is 13. The molecule has 3 rings (SSSR count). The lowest BCUT2D eigenvalue weighted by Crippen LogP contribution is -2.63. The van der Waals surface area contributed by atoms with Gasteiger partial charge in [0, 0.05) is 29.2 Å². The van der Waals surface area contributed by atoms with Gasteiger partial charge in [0.2, 0.25) is 5.91 Å². The number of hydrogen-bond donors (Lipinski definition) is 2. The van der Waals surface area contributed by atoms with Crippen molar-refractivity contribution in [2.24, 2.45) is 11.8 Å².